The van der Waals surface area contributed by atoms with Crippen LogP contribution in [-0.2, 0) is 43.2 Å². The maximum absolute atomic E-state index is 14.2. The molecule has 2 heterocycles. The summed E-state index contributed by atoms with van der Waals surface area (Å²) in [5, 5.41) is 18.4. The lowest BCUT2D eigenvalue weighted by atomic mass is 10.0. The van der Waals surface area contributed by atoms with Crippen LogP contribution in [-0.4, -0.2) is 162 Å². The zero-order valence-electron chi connectivity index (χ0n) is 37.4. The van der Waals surface area contributed by atoms with Crippen LogP contribution in [0.25, 0.3) is 0 Å². The Morgan fingerprint density at radius 1 is 0.754 bits per heavy atom. The summed E-state index contributed by atoms with van der Waals surface area (Å²) < 4.78 is 0. The highest BCUT2D eigenvalue weighted by Gasteiger charge is 2.40. The molecular formula is C38H67N15O9S3. The molecule has 27 heteroatoms. The number of rotatable bonds is 15. The summed E-state index contributed by atoms with van der Waals surface area (Å²) in [6.45, 7) is 4.64. The van der Waals surface area contributed by atoms with Crippen molar-refractivity contribution in [3.05, 3.63) is 0 Å². The molecule has 0 spiro atoms. The number of aliphatic imine (C=N–C) groups is 2. The van der Waals surface area contributed by atoms with Crippen LogP contribution in [0.2, 0.25) is 0 Å². The Labute approximate surface area is 391 Å². The van der Waals surface area contributed by atoms with E-state index in [1.165, 1.54) is 23.6 Å². The summed E-state index contributed by atoms with van der Waals surface area (Å²) >= 11 is 1.44. The highest BCUT2D eigenvalue weighted by atomic mass is 33.1. The van der Waals surface area contributed by atoms with E-state index in [2.05, 4.69) is 47.2 Å². The Hall–Kier alpha value is -5.18. The van der Waals surface area contributed by atoms with Gasteiger partial charge in [0.1, 0.15) is 42.3 Å². The molecule has 0 unspecified atom stereocenters. The SMILES string of the molecule is CSCC[C@@H]1NC(=O)[C@@H](NC(C)=O)CSSC[C@H](C(N)=O)NC(=O)CNC(=O)[C@H](CCCN=C(N)N)NC(=O)[C@H](CC(C)C)NC(=O)[C@H](CCCN=C(N)N)NC(=O)[C@@H]2CCCN2C1=O. The minimum absolute atomic E-state index is 0.00577. The van der Waals surface area contributed by atoms with E-state index < -0.39 is 102 Å². The molecule has 366 valence electrons. The molecule has 2 saturated heterocycles. The molecule has 2 aliphatic rings. The molecule has 2 aliphatic heterocycles. The highest BCUT2D eigenvalue weighted by molar-refractivity contribution is 8.76. The quantitative estimate of drug-likeness (QED) is 0.0320. The van der Waals surface area contributed by atoms with Crippen LogP contribution in [0.4, 0.5) is 0 Å². The summed E-state index contributed by atoms with van der Waals surface area (Å²) in [4.78, 5) is 131. The van der Waals surface area contributed by atoms with Gasteiger partial charge in [0.15, 0.2) is 11.9 Å². The van der Waals surface area contributed by atoms with Gasteiger partial charge >= 0.3 is 0 Å². The first kappa shape index (κ1) is 56.0. The molecule has 2 fully saturated rings. The number of fused-ring (bicyclic) bond motifs is 1. The van der Waals surface area contributed by atoms with E-state index in [0.717, 1.165) is 21.6 Å². The number of nitrogens with one attached hydrogen (secondary N) is 7. The number of amides is 9. The van der Waals surface area contributed by atoms with E-state index in [-0.39, 0.29) is 93.9 Å². The van der Waals surface area contributed by atoms with Gasteiger partial charge in [-0.05, 0) is 69.3 Å². The second-order valence-electron chi connectivity index (χ2n) is 15.8. The van der Waals surface area contributed by atoms with Crippen molar-refractivity contribution in [1.29, 1.82) is 0 Å². The Bertz CT molecular complexity index is 1730. The molecule has 7 atom stereocenters. The molecule has 0 aliphatic carbocycles. The first-order valence-corrected chi connectivity index (χ1v) is 25.1. The number of nitrogens with two attached hydrogens (primary N) is 5. The third-order valence-electron chi connectivity index (χ3n) is 9.91. The topological polar surface area (TPSA) is 396 Å². The first-order valence-electron chi connectivity index (χ1n) is 21.2. The third kappa shape index (κ3) is 21.1. The molecule has 0 bridgehead atoms. The van der Waals surface area contributed by atoms with E-state index >= 15 is 0 Å². The zero-order valence-corrected chi connectivity index (χ0v) is 39.8. The Morgan fingerprint density at radius 2 is 1.31 bits per heavy atom. The second kappa shape index (κ2) is 29.4. The molecule has 9 amide bonds. The number of guanidine groups is 2. The number of thioether (sulfide) groups is 1. The van der Waals surface area contributed by atoms with E-state index in [1.807, 2.05) is 20.1 Å². The van der Waals surface area contributed by atoms with Crippen LogP contribution in [0.5, 0.6) is 0 Å². The molecule has 0 radical (unpaired) electrons. The van der Waals surface area contributed by atoms with Gasteiger partial charge in [-0.3, -0.25) is 53.1 Å². The van der Waals surface area contributed by atoms with E-state index in [9.17, 15) is 43.2 Å². The van der Waals surface area contributed by atoms with Gasteiger partial charge in [-0.15, -0.1) is 0 Å². The van der Waals surface area contributed by atoms with Crippen molar-refractivity contribution in [3.63, 3.8) is 0 Å². The second-order valence-corrected chi connectivity index (χ2v) is 19.3. The number of carbonyl (C=O) groups excluding carboxylic acids is 9. The summed E-state index contributed by atoms with van der Waals surface area (Å²) in [7, 11) is 2.17. The maximum atomic E-state index is 14.2. The molecule has 0 aromatic rings. The van der Waals surface area contributed by atoms with Crippen LogP contribution in [0.3, 0.4) is 0 Å². The highest BCUT2D eigenvalue weighted by Crippen LogP contribution is 2.24. The van der Waals surface area contributed by atoms with E-state index in [1.54, 1.807) is 0 Å². The van der Waals surface area contributed by atoms with Crippen molar-refractivity contribution in [2.75, 3.05) is 49.7 Å². The van der Waals surface area contributed by atoms with Crippen LogP contribution in [0.15, 0.2) is 9.98 Å². The monoisotopic (exact) mass is 973 g/mol. The predicted molar refractivity (Wildman–Crippen MR) is 251 cm³/mol. The first-order chi connectivity index (χ1) is 30.7. The van der Waals surface area contributed by atoms with Gasteiger partial charge in [-0.2, -0.15) is 11.8 Å². The molecule has 24 nitrogen and oxygen atoms in total. The fourth-order valence-corrected chi connectivity index (χ4v) is 9.53. The molecule has 2 rings (SSSR count). The number of primary amides is 1. The van der Waals surface area contributed by atoms with Crippen LogP contribution in [0, 0.1) is 5.92 Å². The van der Waals surface area contributed by atoms with Crippen molar-refractivity contribution in [2.24, 2.45) is 44.6 Å². The Balaban J connectivity index is 2.61. The molecule has 0 aromatic carbocycles. The summed E-state index contributed by atoms with van der Waals surface area (Å²) in [6.07, 6.45) is 3.30. The molecule has 0 saturated carbocycles. The van der Waals surface area contributed by atoms with E-state index in [4.69, 9.17) is 28.7 Å². The van der Waals surface area contributed by atoms with Gasteiger partial charge in [0.25, 0.3) is 0 Å². The molecule has 65 heavy (non-hydrogen) atoms. The lowest BCUT2D eigenvalue weighted by Crippen LogP contribution is -2.59. The smallest absolute Gasteiger partial charge is 0.245 e. The summed E-state index contributed by atoms with van der Waals surface area (Å²) in [6, 6.07) is -8.15. The normalized spacial score (nSPS) is 24.8. The maximum Gasteiger partial charge on any atom is 0.245 e. The van der Waals surface area contributed by atoms with Crippen molar-refractivity contribution < 1.29 is 43.2 Å². The summed E-state index contributed by atoms with van der Waals surface area (Å²) in [5.74, 6) is -6.41. The predicted octanol–water partition coefficient (Wildman–Crippen LogP) is -4.19. The van der Waals surface area contributed by atoms with Gasteiger partial charge in [0, 0.05) is 38.1 Å². The number of carbonyl (C=O) groups is 9. The minimum atomic E-state index is -1.25. The molecule has 0 aromatic heterocycles. The largest absolute Gasteiger partial charge is 0.370 e. The van der Waals surface area contributed by atoms with Crippen LogP contribution < -0.4 is 65.9 Å². The van der Waals surface area contributed by atoms with Gasteiger partial charge in [0.2, 0.25) is 53.2 Å². The van der Waals surface area contributed by atoms with Gasteiger partial charge in [-0.1, -0.05) is 35.4 Å². The number of hydrogen-bond acceptors (Lipinski definition) is 14. The minimum Gasteiger partial charge on any atom is -0.370 e. The molecule has 17 N–H and O–H groups in total. The van der Waals surface area contributed by atoms with Crippen molar-refractivity contribution in [1.82, 2.24) is 42.1 Å². The average molecular weight is 974 g/mol. The fraction of sp³-hybridized carbons (Fsp3) is 0.711. The third-order valence-corrected chi connectivity index (χ3v) is 13.0. The molecular weight excluding hydrogens is 907 g/mol. The lowest BCUT2D eigenvalue weighted by molar-refractivity contribution is -0.142. The van der Waals surface area contributed by atoms with Gasteiger partial charge in [-0.25, -0.2) is 0 Å². The van der Waals surface area contributed by atoms with Crippen LogP contribution in [0.1, 0.15) is 72.1 Å². The Morgan fingerprint density at radius 3 is 1.88 bits per heavy atom. The number of nitrogens with zero attached hydrogens (tertiary/aromatic N) is 3. The summed E-state index contributed by atoms with van der Waals surface area (Å²) in [5.41, 5.74) is 27.5. The van der Waals surface area contributed by atoms with E-state index in [0.29, 0.717) is 12.2 Å². The van der Waals surface area contributed by atoms with Crippen molar-refractivity contribution in [3.8, 4) is 0 Å². The lowest BCUT2D eigenvalue weighted by Gasteiger charge is -2.31. The fourth-order valence-electron chi connectivity index (χ4n) is 6.72. The van der Waals surface area contributed by atoms with Gasteiger partial charge < -0.3 is 70.8 Å². The number of hydrogen-bond donors (Lipinski definition) is 12. The van der Waals surface area contributed by atoms with Crippen molar-refractivity contribution >= 4 is 98.4 Å². The van der Waals surface area contributed by atoms with Crippen LogP contribution >= 0.6 is 33.3 Å². The zero-order chi connectivity index (χ0) is 48.6. The van der Waals surface area contributed by atoms with Gasteiger partial charge in [0.05, 0.1) is 6.54 Å². The van der Waals surface area contributed by atoms with Crippen molar-refractivity contribution in [2.45, 2.75) is 114 Å². The standard InChI is InChI=1S/C38H67N15O9S3/c1-20(2)16-25-33(59)49-22(8-5-12-44-37(40)41)31(57)46-17-29(55)48-26(30(39)56)18-64-65-19-27(47-21(3)54)34(60)51-24(11-15-63-4)36(62)53-14-7-10-28(53)35(61)50-23(32(58)52-25)9-6-13-45-38(42)43/h20,22-28H,5-19H2,1-4H3,(H2,39,56)(H,46,57)(H,47,54)(H,48,55)(H,49,59)(H,50,61)(H,51,60)(H,52,58)(H4,40,41,44)(H4,42,43,45)/t22-,23-,24-,25-,26+,27-,28-/m0/s1. The average Bonchev–Trinajstić information content (AvgIpc) is 3.73. The Kier molecular flexibility index (Phi) is 25.3.